The van der Waals surface area contributed by atoms with Gasteiger partial charge in [-0.2, -0.15) is 10.2 Å². The molecule has 0 saturated carbocycles. The highest BCUT2D eigenvalue weighted by atomic mass is 16.5. The van der Waals surface area contributed by atoms with Gasteiger partial charge < -0.3 is 10.1 Å². The van der Waals surface area contributed by atoms with Gasteiger partial charge in [0, 0.05) is 24.2 Å². The lowest BCUT2D eigenvalue weighted by Gasteiger charge is -2.11. The predicted octanol–water partition coefficient (Wildman–Crippen LogP) is 3.01. The van der Waals surface area contributed by atoms with E-state index in [1.54, 1.807) is 19.8 Å². The summed E-state index contributed by atoms with van der Waals surface area (Å²) in [5.41, 5.74) is 5.70. The van der Waals surface area contributed by atoms with E-state index in [0.717, 1.165) is 35.7 Å². The topological polar surface area (TPSA) is 80.6 Å². The highest BCUT2D eigenvalue weighted by Gasteiger charge is 2.09. The Labute approximate surface area is 163 Å². The second-order valence-electron chi connectivity index (χ2n) is 6.46. The fourth-order valence-electron chi connectivity index (χ4n) is 3.16. The molecular weight excluding hydrogens is 352 g/mol. The van der Waals surface area contributed by atoms with Crippen LogP contribution < -0.4 is 10.1 Å². The third-order valence-electron chi connectivity index (χ3n) is 4.64. The first-order valence-corrected chi connectivity index (χ1v) is 9.10. The van der Waals surface area contributed by atoms with Gasteiger partial charge in [0.05, 0.1) is 25.5 Å². The van der Waals surface area contributed by atoms with E-state index in [-0.39, 0.29) is 0 Å². The van der Waals surface area contributed by atoms with Gasteiger partial charge in [-0.1, -0.05) is 24.3 Å². The van der Waals surface area contributed by atoms with E-state index in [2.05, 4.69) is 43.8 Å². The van der Waals surface area contributed by atoms with Crippen LogP contribution in [0.15, 0.2) is 67.4 Å². The van der Waals surface area contributed by atoms with Crippen LogP contribution in [0, 0.1) is 0 Å². The van der Waals surface area contributed by atoms with E-state index in [1.165, 1.54) is 11.1 Å². The quantitative estimate of drug-likeness (QED) is 0.496. The second-order valence-corrected chi connectivity index (χ2v) is 6.46. The van der Waals surface area contributed by atoms with Crippen LogP contribution in [0.4, 0.5) is 0 Å². The van der Waals surface area contributed by atoms with E-state index >= 15 is 0 Å². The maximum absolute atomic E-state index is 5.23. The van der Waals surface area contributed by atoms with E-state index in [9.17, 15) is 0 Å². The Balaban J connectivity index is 1.42. The summed E-state index contributed by atoms with van der Waals surface area (Å²) in [6.07, 6.45) is 5.16. The molecule has 142 valence electrons. The Hall–Kier alpha value is -3.45. The molecule has 0 atom stereocenters. The SMILES string of the molecule is COc1ccc(-c2[nH]ncc2CNCc2ccccc2Cn2cncn2)cc1. The van der Waals surface area contributed by atoms with Crippen molar-refractivity contribution < 1.29 is 4.74 Å². The van der Waals surface area contributed by atoms with Crippen LogP contribution in [0.5, 0.6) is 5.75 Å². The molecule has 2 aromatic carbocycles. The first-order valence-electron chi connectivity index (χ1n) is 9.10. The van der Waals surface area contributed by atoms with Gasteiger partial charge in [0.1, 0.15) is 18.4 Å². The first kappa shape index (κ1) is 17.9. The monoisotopic (exact) mass is 374 g/mol. The van der Waals surface area contributed by atoms with Gasteiger partial charge in [-0.25, -0.2) is 9.67 Å². The van der Waals surface area contributed by atoms with Crippen LogP contribution in [0.2, 0.25) is 0 Å². The summed E-state index contributed by atoms with van der Waals surface area (Å²) in [7, 11) is 1.67. The molecule has 0 unspecified atom stereocenters. The summed E-state index contributed by atoms with van der Waals surface area (Å²) in [6, 6.07) is 16.3. The molecule has 0 aliphatic carbocycles. The molecule has 7 heteroatoms. The highest BCUT2D eigenvalue weighted by molar-refractivity contribution is 5.63. The van der Waals surface area contributed by atoms with E-state index in [0.29, 0.717) is 6.54 Å². The molecule has 2 aromatic heterocycles. The van der Waals surface area contributed by atoms with Crippen molar-refractivity contribution in [2.24, 2.45) is 0 Å². The standard InChI is InChI=1S/C21H22N6O/c1-28-20-8-6-16(7-9-20)21-19(12-24-26-21)11-22-10-17-4-2-3-5-18(17)13-27-15-23-14-25-27/h2-9,12,14-15,22H,10-11,13H2,1H3,(H,24,26). The van der Waals surface area contributed by atoms with Crippen molar-refractivity contribution in [1.29, 1.82) is 0 Å². The molecular formula is C21H22N6O. The Bertz CT molecular complexity index is 1010. The summed E-state index contributed by atoms with van der Waals surface area (Å²) in [4.78, 5) is 4.01. The highest BCUT2D eigenvalue weighted by Crippen LogP contribution is 2.23. The number of ether oxygens (including phenoxy) is 1. The molecule has 0 spiro atoms. The van der Waals surface area contributed by atoms with Crippen LogP contribution >= 0.6 is 0 Å². The summed E-state index contributed by atoms with van der Waals surface area (Å²) in [5, 5.41) is 15.0. The number of H-pyrrole nitrogens is 1. The molecule has 0 bridgehead atoms. The molecule has 0 fully saturated rings. The summed E-state index contributed by atoms with van der Waals surface area (Å²) < 4.78 is 7.06. The fourth-order valence-corrected chi connectivity index (χ4v) is 3.16. The number of aromatic nitrogens is 5. The largest absolute Gasteiger partial charge is 0.497 e. The first-order chi connectivity index (χ1) is 13.8. The van der Waals surface area contributed by atoms with Crippen molar-refractivity contribution >= 4 is 0 Å². The molecule has 4 rings (SSSR count). The maximum Gasteiger partial charge on any atom is 0.137 e. The van der Waals surface area contributed by atoms with Crippen molar-refractivity contribution in [1.82, 2.24) is 30.3 Å². The average molecular weight is 374 g/mol. The molecule has 2 N–H and O–H groups in total. The Morgan fingerprint density at radius 2 is 1.79 bits per heavy atom. The number of hydrogen-bond donors (Lipinski definition) is 2. The van der Waals surface area contributed by atoms with Crippen LogP contribution in [0.3, 0.4) is 0 Å². The van der Waals surface area contributed by atoms with E-state index in [4.69, 9.17) is 4.74 Å². The molecule has 0 radical (unpaired) electrons. The molecule has 7 nitrogen and oxygen atoms in total. The fraction of sp³-hybridized carbons (Fsp3) is 0.190. The molecule has 0 aliphatic heterocycles. The van der Waals surface area contributed by atoms with Crippen molar-refractivity contribution in [3.05, 3.63) is 84.1 Å². The minimum absolute atomic E-state index is 0.709. The van der Waals surface area contributed by atoms with Gasteiger partial charge in [-0.05, 0) is 35.4 Å². The van der Waals surface area contributed by atoms with Crippen LogP contribution in [0.1, 0.15) is 16.7 Å². The van der Waals surface area contributed by atoms with Gasteiger partial charge in [0.25, 0.3) is 0 Å². The Morgan fingerprint density at radius 1 is 1.00 bits per heavy atom. The Morgan fingerprint density at radius 3 is 2.54 bits per heavy atom. The van der Waals surface area contributed by atoms with Crippen molar-refractivity contribution in [2.75, 3.05) is 7.11 Å². The Kier molecular flexibility index (Phi) is 5.44. The average Bonchev–Trinajstić information content (AvgIpc) is 3.41. The van der Waals surface area contributed by atoms with Crippen LogP contribution in [-0.2, 0) is 19.6 Å². The van der Waals surface area contributed by atoms with Crippen molar-refractivity contribution in [3.8, 4) is 17.0 Å². The molecule has 2 heterocycles. The molecule has 0 saturated heterocycles. The zero-order chi connectivity index (χ0) is 19.2. The summed E-state index contributed by atoms with van der Waals surface area (Å²) in [6.45, 7) is 2.19. The third-order valence-corrected chi connectivity index (χ3v) is 4.64. The van der Waals surface area contributed by atoms with Gasteiger partial charge in [-0.3, -0.25) is 5.10 Å². The van der Waals surface area contributed by atoms with Crippen LogP contribution in [-0.4, -0.2) is 32.1 Å². The molecule has 4 aromatic rings. The molecule has 28 heavy (non-hydrogen) atoms. The van der Waals surface area contributed by atoms with Gasteiger partial charge in [0.15, 0.2) is 0 Å². The number of methoxy groups -OCH3 is 1. The van der Waals surface area contributed by atoms with E-state index < -0.39 is 0 Å². The van der Waals surface area contributed by atoms with Crippen molar-refractivity contribution in [2.45, 2.75) is 19.6 Å². The number of aromatic amines is 1. The number of hydrogen-bond acceptors (Lipinski definition) is 5. The number of rotatable bonds is 8. The van der Waals surface area contributed by atoms with Crippen molar-refractivity contribution in [3.63, 3.8) is 0 Å². The minimum atomic E-state index is 0.709. The molecule has 0 amide bonds. The molecule has 0 aliphatic rings. The third kappa shape index (κ3) is 4.10. The summed E-state index contributed by atoms with van der Waals surface area (Å²) >= 11 is 0. The minimum Gasteiger partial charge on any atom is -0.497 e. The lowest BCUT2D eigenvalue weighted by atomic mass is 10.1. The second kappa shape index (κ2) is 8.49. The predicted molar refractivity (Wildman–Crippen MR) is 107 cm³/mol. The number of nitrogens with zero attached hydrogens (tertiary/aromatic N) is 4. The van der Waals surface area contributed by atoms with Gasteiger partial charge >= 0.3 is 0 Å². The number of benzene rings is 2. The van der Waals surface area contributed by atoms with Crippen LogP contribution in [0.25, 0.3) is 11.3 Å². The maximum atomic E-state index is 5.23. The lowest BCUT2D eigenvalue weighted by Crippen LogP contribution is -2.15. The zero-order valence-electron chi connectivity index (χ0n) is 15.7. The van der Waals surface area contributed by atoms with E-state index in [1.807, 2.05) is 41.2 Å². The smallest absolute Gasteiger partial charge is 0.137 e. The normalized spacial score (nSPS) is 10.9. The summed E-state index contributed by atoms with van der Waals surface area (Å²) in [5.74, 6) is 0.840. The lowest BCUT2D eigenvalue weighted by molar-refractivity contribution is 0.415. The van der Waals surface area contributed by atoms with Gasteiger partial charge in [0.2, 0.25) is 0 Å². The zero-order valence-corrected chi connectivity index (χ0v) is 15.7. The number of nitrogens with one attached hydrogen (secondary N) is 2. The van der Waals surface area contributed by atoms with Gasteiger partial charge in [-0.15, -0.1) is 0 Å².